The molecular formula is C25H26FN3O2. The van der Waals surface area contributed by atoms with Crippen LogP contribution in [0.5, 0.6) is 5.75 Å². The summed E-state index contributed by atoms with van der Waals surface area (Å²) in [5, 5.41) is 3.15. The maximum absolute atomic E-state index is 13.1. The number of hydrogen-bond donors (Lipinski definition) is 1. The Bertz CT molecular complexity index is 987. The fourth-order valence-electron chi connectivity index (χ4n) is 3.74. The van der Waals surface area contributed by atoms with Crippen LogP contribution in [0.1, 0.15) is 34.5 Å². The smallest absolute Gasteiger partial charge is 0.255 e. The fraction of sp³-hybridized carbons (Fsp3) is 0.280. The summed E-state index contributed by atoms with van der Waals surface area (Å²) < 4.78 is 18.9. The Morgan fingerprint density at radius 2 is 1.77 bits per heavy atom. The van der Waals surface area contributed by atoms with Crippen LogP contribution in [0, 0.1) is 5.82 Å². The Morgan fingerprint density at radius 1 is 1.03 bits per heavy atom. The number of piperidine rings is 1. The molecule has 1 aliphatic rings. The van der Waals surface area contributed by atoms with Crippen molar-refractivity contribution in [2.45, 2.75) is 32.0 Å². The fourth-order valence-corrected chi connectivity index (χ4v) is 3.74. The van der Waals surface area contributed by atoms with E-state index in [1.54, 1.807) is 24.3 Å². The molecule has 0 spiro atoms. The quantitative estimate of drug-likeness (QED) is 0.624. The van der Waals surface area contributed by atoms with Gasteiger partial charge in [0.15, 0.2) is 0 Å². The molecule has 0 saturated carbocycles. The van der Waals surface area contributed by atoms with Crippen LogP contribution in [0.4, 0.5) is 4.39 Å². The van der Waals surface area contributed by atoms with Gasteiger partial charge in [-0.25, -0.2) is 4.39 Å². The highest BCUT2D eigenvalue weighted by Gasteiger charge is 2.22. The largest absolute Gasteiger partial charge is 0.488 e. The predicted molar refractivity (Wildman–Crippen MR) is 117 cm³/mol. The summed E-state index contributed by atoms with van der Waals surface area (Å²) >= 11 is 0. The monoisotopic (exact) mass is 419 g/mol. The minimum Gasteiger partial charge on any atom is -0.488 e. The Hall–Kier alpha value is -3.25. The average molecular weight is 420 g/mol. The maximum Gasteiger partial charge on any atom is 0.255 e. The summed E-state index contributed by atoms with van der Waals surface area (Å²) in [6, 6.07) is 19.5. The first kappa shape index (κ1) is 21.0. The highest BCUT2D eigenvalue weighted by Crippen LogP contribution is 2.21. The summed E-state index contributed by atoms with van der Waals surface area (Å²) in [5.41, 5.74) is 2.43. The lowest BCUT2D eigenvalue weighted by Gasteiger charge is -2.32. The molecule has 0 radical (unpaired) electrons. The van der Waals surface area contributed by atoms with Crippen molar-refractivity contribution < 1.29 is 13.9 Å². The Balaban J connectivity index is 1.30. The molecule has 31 heavy (non-hydrogen) atoms. The van der Waals surface area contributed by atoms with Crippen LogP contribution in [0.15, 0.2) is 72.9 Å². The number of para-hydroxylation sites is 1. The Kier molecular flexibility index (Phi) is 6.89. The second kappa shape index (κ2) is 10.2. The summed E-state index contributed by atoms with van der Waals surface area (Å²) in [7, 11) is 0. The molecule has 0 unspecified atom stereocenters. The van der Waals surface area contributed by atoms with Crippen LogP contribution in [0.25, 0.3) is 0 Å². The van der Waals surface area contributed by atoms with Gasteiger partial charge in [0.1, 0.15) is 18.2 Å². The van der Waals surface area contributed by atoms with Crippen molar-refractivity contribution in [3.8, 4) is 5.75 Å². The molecule has 1 fully saturated rings. The number of nitrogens with one attached hydrogen (secondary N) is 1. The number of ether oxygens (including phenoxy) is 1. The van der Waals surface area contributed by atoms with Crippen LogP contribution < -0.4 is 10.1 Å². The third-order valence-electron chi connectivity index (χ3n) is 5.47. The maximum atomic E-state index is 13.1. The average Bonchev–Trinajstić information content (AvgIpc) is 2.81. The van der Waals surface area contributed by atoms with Crippen molar-refractivity contribution in [2.24, 2.45) is 0 Å². The summed E-state index contributed by atoms with van der Waals surface area (Å²) in [6.45, 7) is 2.95. The van der Waals surface area contributed by atoms with E-state index in [1.165, 1.54) is 12.1 Å². The second-order valence-corrected chi connectivity index (χ2v) is 7.76. The number of hydrogen-bond acceptors (Lipinski definition) is 4. The van der Waals surface area contributed by atoms with Crippen molar-refractivity contribution in [1.29, 1.82) is 0 Å². The number of benzene rings is 2. The van der Waals surface area contributed by atoms with Crippen molar-refractivity contribution in [1.82, 2.24) is 15.2 Å². The Morgan fingerprint density at radius 3 is 2.52 bits per heavy atom. The lowest BCUT2D eigenvalue weighted by Crippen LogP contribution is -2.44. The number of halogens is 1. The van der Waals surface area contributed by atoms with Crippen LogP contribution in [-0.2, 0) is 13.2 Å². The van der Waals surface area contributed by atoms with Crippen LogP contribution in [0.2, 0.25) is 0 Å². The number of rotatable bonds is 7. The number of pyridine rings is 1. The van der Waals surface area contributed by atoms with Crippen LogP contribution in [0.3, 0.4) is 0 Å². The first-order chi connectivity index (χ1) is 15.2. The van der Waals surface area contributed by atoms with E-state index in [4.69, 9.17) is 4.74 Å². The molecule has 6 heteroatoms. The van der Waals surface area contributed by atoms with Gasteiger partial charge in [-0.1, -0.05) is 30.3 Å². The van der Waals surface area contributed by atoms with Gasteiger partial charge in [-0.05, 0) is 54.8 Å². The van der Waals surface area contributed by atoms with E-state index in [-0.39, 0.29) is 24.4 Å². The Labute approximate surface area is 181 Å². The molecule has 1 amide bonds. The molecule has 160 valence electrons. The lowest BCUT2D eigenvalue weighted by atomic mass is 10.0. The number of nitrogens with zero attached hydrogens (tertiary/aromatic N) is 2. The first-order valence-corrected chi connectivity index (χ1v) is 10.6. The number of amides is 1. The number of aromatic nitrogens is 1. The normalized spacial score (nSPS) is 14.9. The third-order valence-corrected chi connectivity index (χ3v) is 5.47. The number of carbonyl (C=O) groups is 1. The molecule has 4 rings (SSSR count). The van der Waals surface area contributed by atoms with Gasteiger partial charge in [0.25, 0.3) is 5.91 Å². The molecule has 1 aromatic heterocycles. The SMILES string of the molecule is O=C(NC1CCN(Cc2ccccn2)CC1)c1ccccc1OCc1ccc(F)cc1. The molecule has 1 saturated heterocycles. The van der Waals surface area contributed by atoms with E-state index in [2.05, 4.69) is 15.2 Å². The molecule has 3 aromatic rings. The van der Waals surface area contributed by atoms with E-state index in [9.17, 15) is 9.18 Å². The zero-order valence-corrected chi connectivity index (χ0v) is 17.3. The standard InChI is InChI=1S/C25H26FN3O2/c26-20-10-8-19(9-11-20)18-31-24-7-2-1-6-23(24)25(30)28-21-12-15-29(16-13-21)17-22-5-3-4-14-27-22/h1-11,14,21H,12-13,15-18H2,(H,28,30). The summed E-state index contributed by atoms with van der Waals surface area (Å²) in [4.78, 5) is 19.7. The molecule has 1 aliphatic heterocycles. The van der Waals surface area contributed by atoms with E-state index in [0.717, 1.165) is 43.7 Å². The molecule has 5 nitrogen and oxygen atoms in total. The van der Waals surface area contributed by atoms with Gasteiger partial charge >= 0.3 is 0 Å². The predicted octanol–water partition coefficient (Wildman–Crippen LogP) is 4.19. The topological polar surface area (TPSA) is 54.5 Å². The van der Waals surface area contributed by atoms with E-state index in [0.29, 0.717) is 11.3 Å². The summed E-state index contributed by atoms with van der Waals surface area (Å²) in [6.07, 6.45) is 3.62. The van der Waals surface area contributed by atoms with Crippen molar-refractivity contribution in [3.05, 3.63) is 95.6 Å². The van der Waals surface area contributed by atoms with Gasteiger partial charge in [-0.15, -0.1) is 0 Å². The first-order valence-electron chi connectivity index (χ1n) is 10.6. The van der Waals surface area contributed by atoms with E-state index < -0.39 is 0 Å². The van der Waals surface area contributed by atoms with Gasteiger partial charge in [0, 0.05) is 31.9 Å². The highest BCUT2D eigenvalue weighted by atomic mass is 19.1. The zero-order valence-electron chi connectivity index (χ0n) is 17.3. The van der Waals surface area contributed by atoms with E-state index >= 15 is 0 Å². The molecule has 0 aliphatic carbocycles. The van der Waals surface area contributed by atoms with Gasteiger partial charge in [0.2, 0.25) is 0 Å². The molecule has 2 heterocycles. The molecule has 0 bridgehead atoms. The van der Waals surface area contributed by atoms with Gasteiger partial charge in [-0.2, -0.15) is 0 Å². The zero-order chi connectivity index (χ0) is 21.5. The minimum absolute atomic E-state index is 0.127. The molecule has 2 aromatic carbocycles. The lowest BCUT2D eigenvalue weighted by molar-refractivity contribution is 0.0904. The molecule has 0 atom stereocenters. The third kappa shape index (κ3) is 5.89. The summed E-state index contributed by atoms with van der Waals surface area (Å²) in [5.74, 6) is 0.115. The van der Waals surface area contributed by atoms with Gasteiger partial charge in [-0.3, -0.25) is 14.7 Å². The minimum atomic E-state index is -0.283. The van der Waals surface area contributed by atoms with Gasteiger partial charge in [0.05, 0.1) is 11.3 Å². The van der Waals surface area contributed by atoms with E-state index in [1.807, 2.05) is 36.5 Å². The van der Waals surface area contributed by atoms with Crippen molar-refractivity contribution >= 4 is 5.91 Å². The number of likely N-dealkylation sites (tertiary alicyclic amines) is 1. The van der Waals surface area contributed by atoms with Crippen molar-refractivity contribution in [2.75, 3.05) is 13.1 Å². The van der Waals surface area contributed by atoms with Crippen molar-refractivity contribution in [3.63, 3.8) is 0 Å². The molecule has 1 N–H and O–H groups in total. The number of carbonyl (C=O) groups excluding carboxylic acids is 1. The van der Waals surface area contributed by atoms with Crippen LogP contribution >= 0.6 is 0 Å². The highest BCUT2D eigenvalue weighted by molar-refractivity contribution is 5.97. The second-order valence-electron chi connectivity index (χ2n) is 7.76. The molecular weight excluding hydrogens is 393 g/mol. The van der Waals surface area contributed by atoms with Crippen LogP contribution in [-0.4, -0.2) is 34.9 Å². The van der Waals surface area contributed by atoms with Gasteiger partial charge < -0.3 is 10.1 Å².